The molecule has 1 heterocycles. The molecule has 22 heavy (non-hydrogen) atoms. The van der Waals surface area contributed by atoms with Crippen LogP contribution in [0.1, 0.15) is 36.5 Å². The molecule has 1 fully saturated rings. The standard InChI is InChI=1S/C16H18ClN3O2/c1-20-10-11(9-18-20)14(21)15(22)19-16(7-2-8-16)12-3-5-13(17)6-4-12/h3-6,9-10,14,21H,2,7-8H2,1H3,(H,19,22)/t14-/m1/s1. The smallest absolute Gasteiger partial charge is 0.254 e. The minimum Gasteiger partial charge on any atom is -0.378 e. The van der Waals surface area contributed by atoms with Gasteiger partial charge >= 0.3 is 0 Å². The molecule has 1 amide bonds. The summed E-state index contributed by atoms with van der Waals surface area (Å²) in [5.74, 6) is -0.400. The van der Waals surface area contributed by atoms with Crippen LogP contribution in [0.4, 0.5) is 0 Å². The van der Waals surface area contributed by atoms with Crippen LogP contribution in [0, 0.1) is 0 Å². The van der Waals surface area contributed by atoms with Crippen LogP contribution in [0.2, 0.25) is 5.02 Å². The maximum absolute atomic E-state index is 12.4. The highest BCUT2D eigenvalue weighted by Gasteiger charge is 2.41. The zero-order chi connectivity index (χ0) is 15.7. The number of aryl methyl sites for hydroxylation is 1. The second kappa shape index (κ2) is 5.74. The van der Waals surface area contributed by atoms with Crippen LogP contribution in [0.5, 0.6) is 0 Å². The molecule has 1 atom stereocenters. The average molecular weight is 320 g/mol. The van der Waals surface area contributed by atoms with Crippen molar-refractivity contribution in [2.45, 2.75) is 30.9 Å². The summed E-state index contributed by atoms with van der Waals surface area (Å²) in [5.41, 5.74) is 1.12. The van der Waals surface area contributed by atoms with Gasteiger partial charge in [-0.1, -0.05) is 23.7 Å². The Morgan fingerprint density at radius 3 is 2.59 bits per heavy atom. The summed E-state index contributed by atoms with van der Waals surface area (Å²) in [6.45, 7) is 0. The van der Waals surface area contributed by atoms with E-state index in [1.54, 1.807) is 17.9 Å². The summed E-state index contributed by atoms with van der Waals surface area (Å²) in [6.07, 6.45) is 4.70. The highest BCUT2D eigenvalue weighted by molar-refractivity contribution is 6.30. The fourth-order valence-electron chi connectivity index (χ4n) is 2.82. The number of nitrogens with one attached hydrogen (secondary N) is 1. The van der Waals surface area contributed by atoms with E-state index in [1.165, 1.54) is 6.20 Å². The van der Waals surface area contributed by atoms with Crippen molar-refractivity contribution in [2.24, 2.45) is 7.05 Å². The summed E-state index contributed by atoms with van der Waals surface area (Å²) in [7, 11) is 1.75. The molecule has 1 aromatic heterocycles. The lowest BCUT2D eigenvalue weighted by molar-refractivity contribution is -0.133. The lowest BCUT2D eigenvalue weighted by atomic mass is 9.71. The van der Waals surface area contributed by atoms with E-state index < -0.39 is 17.6 Å². The molecule has 0 radical (unpaired) electrons. The van der Waals surface area contributed by atoms with Gasteiger partial charge in [0.2, 0.25) is 0 Å². The van der Waals surface area contributed by atoms with E-state index in [1.807, 2.05) is 24.3 Å². The van der Waals surface area contributed by atoms with Crippen molar-refractivity contribution in [3.8, 4) is 0 Å². The summed E-state index contributed by atoms with van der Waals surface area (Å²) >= 11 is 5.92. The molecule has 0 aliphatic heterocycles. The van der Waals surface area contributed by atoms with Gasteiger partial charge in [-0.25, -0.2) is 0 Å². The Hall–Kier alpha value is -1.85. The lowest BCUT2D eigenvalue weighted by Crippen LogP contribution is -2.52. The Morgan fingerprint density at radius 1 is 1.41 bits per heavy atom. The number of rotatable bonds is 4. The van der Waals surface area contributed by atoms with E-state index in [2.05, 4.69) is 10.4 Å². The first-order chi connectivity index (χ1) is 10.5. The molecule has 1 saturated carbocycles. The third-order valence-corrected chi connectivity index (χ3v) is 4.51. The second-order valence-electron chi connectivity index (χ2n) is 5.78. The molecule has 3 rings (SSSR count). The molecule has 2 aromatic rings. The number of nitrogens with zero attached hydrogens (tertiary/aromatic N) is 2. The number of aliphatic hydroxyl groups excluding tert-OH is 1. The number of halogens is 1. The van der Waals surface area contributed by atoms with Gasteiger partial charge in [0.1, 0.15) is 0 Å². The molecule has 1 aliphatic rings. The van der Waals surface area contributed by atoms with Gasteiger partial charge in [0.05, 0.1) is 11.7 Å². The second-order valence-corrected chi connectivity index (χ2v) is 6.22. The first-order valence-electron chi connectivity index (χ1n) is 7.25. The molecule has 2 N–H and O–H groups in total. The van der Waals surface area contributed by atoms with Gasteiger partial charge in [-0.2, -0.15) is 5.10 Å². The van der Waals surface area contributed by atoms with E-state index in [4.69, 9.17) is 11.6 Å². The maximum atomic E-state index is 12.4. The topological polar surface area (TPSA) is 67.2 Å². The van der Waals surface area contributed by atoms with Gasteiger partial charge in [-0.15, -0.1) is 0 Å². The monoisotopic (exact) mass is 319 g/mol. The minimum absolute atomic E-state index is 0.398. The number of amides is 1. The third kappa shape index (κ3) is 2.74. The van der Waals surface area contributed by atoms with E-state index in [0.29, 0.717) is 10.6 Å². The van der Waals surface area contributed by atoms with Crippen LogP contribution in [-0.4, -0.2) is 20.8 Å². The van der Waals surface area contributed by atoms with Crippen LogP contribution in [-0.2, 0) is 17.4 Å². The highest BCUT2D eigenvalue weighted by atomic mass is 35.5. The van der Waals surface area contributed by atoms with Crippen LogP contribution >= 0.6 is 11.6 Å². The maximum Gasteiger partial charge on any atom is 0.254 e. The largest absolute Gasteiger partial charge is 0.378 e. The van der Waals surface area contributed by atoms with Crippen molar-refractivity contribution in [2.75, 3.05) is 0 Å². The van der Waals surface area contributed by atoms with E-state index in [9.17, 15) is 9.90 Å². The van der Waals surface area contributed by atoms with E-state index in [-0.39, 0.29) is 0 Å². The van der Waals surface area contributed by atoms with Crippen LogP contribution < -0.4 is 5.32 Å². The van der Waals surface area contributed by atoms with Crippen LogP contribution in [0.15, 0.2) is 36.7 Å². The SMILES string of the molecule is Cn1cc([C@@H](O)C(=O)NC2(c3ccc(Cl)cc3)CCC2)cn1. The van der Waals surface area contributed by atoms with E-state index in [0.717, 1.165) is 24.8 Å². The summed E-state index contributed by atoms with van der Waals surface area (Å²) < 4.78 is 1.56. The van der Waals surface area contributed by atoms with Gasteiger partial charge in [0.25, 0.3) is 5.91 Å². The molecule has 1 aromatic carbocycles. The minimum atomic E-state index is -1.21. The molecule has 5 nitrogen and oxygen atoms in total. The van der Waals surface area contributed by atoms with Gasteiger partial charge in [-0.05, 0) is 37.0 Å². The summed E-state index contributed by atoms with van der Waals surface area (Å²) in [4.78, 5) is 12.4. The molecule has 6 heteroatoms. The molecule has 0 spiro atoms. The number of carbonyl (C=O) groups excluding carboxylic acids is 1. The van der Waals surface area contributed by atoms with Crippen LogP contribution in [0.3, 0.4) is 0 Å². The lowest BCUT2D eigenvalue weighted by Gasteiger charge is -2.43. The first-order valence-corrected chi connectivity index (χ1v) is 7.63. The Balaban J connectivity index is 1.77. The zero-order valence-corrected chi connectivity index (χ0v) is 13.0. The van der Waals surface area contributed by atoms with Crippen LogP contribution in [0.25, 0.3) is 0 Å². The summed E-state index contributed by atoms with van der Waals surface area (Å²) in [5, 5.41) is 17.8. The number of carbonyl (C=O) groups is 1. The quantitative estimate of drug-likeness (QED) is 0.908. The molecular weight excluding hydrogens is 302 g/mol. The van der Waals surface area contributed by atoms with Crippen molar-refractivity contribution in [3.63, 3.8) is 0 Å². The van der Waals surface area contributed by atoms with E-state index >= 15 is 0 Å². The van der Waals surface area contributed by atoms with Gasteiger partial charge in [0, 0.05) is 23.8 Å². The van der Waals surface area contributed by atoms with Gasteiger partial charge < -0.3 is 10.4 Å². The number of hydrogen-bond acceptors (Lipinski definition) is 3. The van der Waals surface area contributed by atoms with Crippen molar-refractivity contribution in [1.82, 2.24) is 15.1 Å². The number of aliphatic hydroxyl groups is 1. The Bertz CT molecular complexity index is 677. The summed E-state index contributed by atoms with van der Waals surface area (Å²) in [6, 6.07) is 7.50. The number of hydrogen-bond donors (Lipinski definition) is 2. The molecule has 0 bridgehead atoms. The molecule has 0 saturated heterocycles. The van der Waals surface area contributed by atoms with Crippen molar-refractivity contribution in [3.05, 3.63) is 52.8 Å². The predicted molar refractivity (Wildman–Crippen MR) is 83.3 cm³/mol. The molecule has 0 unspecified atom stereocenters. The first kappa shape index (κ1) is 15.1. The molecule has 116 valence electrons. The number of benzene rings is 1. The van der Waals surface area contributed by atoms with Gasteiger partial charge in [0.15, 0.2) is 6.10 Å². The van der Waals surface area contributed by atoms with Crippen molar-refractivity contribution < 1.29 is 9.90 Å². The Morgan fingerprint density at radius 2 is 2.09 bits per heavy atom. The highest BCUT2D eigenvalue weighted by Crippen LogP contribution is 2.41. The van der Waals surface area contributed by atoms with Gasteiger partial charge in [-0.3, -0.25) is 9.48 Å². The molecular formula is C16H18ClN3O2. The van der Waals surface area contributed by atoms with Crippen molar-refractivity contribution >= 4 is 17.5 Å². The number of aromatic nitrogens is 2. The normalized spacial score (nSPS) is 17.6. The Kier molecular flexibility index (Phi) is 3.93. The predicted octanol–water partition coefficient (Wildman–Crippen LogP) is 2.30. The fourth-order valence-corrected chi connectivity index (χ4v) is 2.95. The average Bonchev–Trinajstić information content (AvgIpc) is 2.89. The fraction of sp³-hybridized carbons (Fsp3) is 0.375. The Labute approximate surface area is 133 Å². The molecule has 1 aliphatic carbocycles. The third-order valence-electron chi connectivity index (χ3n) is 4.26. The zero-order valence-electron chi connectivity index (χ0n) is 12.3. The van der Waals surface area contributed by atoms with Crippen molar-refractivity contribution in [1.29, 1.82) is 0 Å².